The summed E-state index contributed by atoms with van der Waals surface area (Å²) >= 11 is 6.07. The third kappa shape index (κ3) is 4.59. The van der Waals surface area contributed by atoms with Crippen LogP contribution < -0.4 is 9.80 Å². The van der Waals surface area contributed by atoms with Crippen LogP contribution in [0.15, 0.2) is 54.6 Å². The summed E-state index contributed by atoms with van der Waals surface area (Å²) in [6, 6.07) is 14.8. The molecule has 25 heavy (non-hydrogen) atoms. The van der Waals surface area contributed by atoms with Gasteiger partial charge in [-0.2, -0.15) is 0 Å². The highest BCUT2D eigenvalue weighted by Gasteiger charge is 2.19. The molecule has 0 atom stereocenters. The highest BCUT2D eigenvalue weighted by Crippen LogP contribution is 2.20. The maximum absolute atomic E-state index is 11.0. The number of nitrogens with zero attached hydrogens (tertiary/aromatic N) is 2. The van der Waals surface area contributed by atoms with Crippen molar-refractivity contribution in [2.75, 3.05) is 37.6 Å². The van der Waals surface area contributed by atoms with Crippen LogP contribution in [-0.2, 0) is 0 Å². The normalized spacial score (nSPS) is 15.6. The van der Waals surface area contributed by atoms with Crippen LogP contribution in [0, 0.1) is 10.1 Å². The third-order valence-electron chi connectivity index (χ3n) is 4.48. The van der Waals surface area contributed by atoms with Gasteiger partial charge in [0.2, 0.25) is 0 Å². The van der Waals surface area contributed by atoms with E-state index in [1.165, 1.54) is 16.7 Å². The molecule has 0 aromatic heterocycles. The molecule has 5 nitrogen and oxygen atoms in total. The molecule has 1 aliphatic heterocycles. The molecule has 1 aliphatic rings. The quantitative estimate of drug-likeness (QED) is 0.660. The summed E-state index contributed by atoms with van der Waals surface area (Å²) in [5, 5.41) is 11.8. The van der Waals surface area contributed by atoms with Crippen LogP contribution in [0.5, 0.6) is 0 Å². The second-order valence-corrected chi connectivity index (χ2v) is 6.58. The molecule has 0 amide bonds. The molecule has 1 heterocycles. The van der Waals surface area contributed by atoms with Crippen molar-refractivity contribution in [3.05, 3.63) is 75.3 Å². The first-order chi connectivity index (χ1) is 12.1. The van der Waals surface area contributed by atoms with Crippen molar-refractivity contribution in [2.24, 2.45) is 0 Å². The number of nitro benzene ring substituents is 1. The molecule has 1 N–H and O–H groups in total. The van der Waals surface area contributed by atoms with Gasteiger partial charge in [-0.1, -0.05) is 29.8 Å². The molecular formula is C19H21ClN3O2+. The van der Waals surface area contributed by atoms with Crippen molar-refractivity contribution in [2.45, 2.75) is 0 Å². The monoisotopic (exact) mass is 358 g/mol. The van der Waals surface area contributed by atoms with Gasteiger partial charge in [-0.25, -0.2) is 0 Å². The molecule has 2 aromatic carbocycles. The van der Waals surface area contributed by atoms with Crippen LogP contribution in [0.2, 0.25) is 5.02 Å². The summed E-state index contributed by atoms with van der Waals surface area (Å²) in [4.78, 5) is 14.5. The first-order valence-corrected chi connectivity index (χ1v) is 8.75. The topological polar surface area (TPSA) is 50.8 Å². The van der Waals surface area contributed by atoms with Crippen molar-refractivity contribution in [3.8, 4) is 0 Å². The molecule has 0 saturated carbocycles. The fourth-order valence-electron chi connectivity index (χ4n) is 3.11. The van der Waals surface area contributed by atoms with Gasteiger partial charge < -0.3 is 9.80 Å². The number of quaternary nitrogens is 1. The molecule has 1 saturated heterocycles. The van der Waals surface area contributed by atoms with Gasteiger partial charge in [0, 0.05) is 16.8 Å². The lowest BCUT2D eigenvalue weighted by atomic mass is 10.1. The first-order valence-electron chi connectivity index (χ1n) is 8.37. The number of anilines is 1. The first kappa shape index (κ1) is 17.5. The molecule has 0 spiro atoms. The Bertz CT molecular complexity index is 771. The summed E-state index contributed by atoms with van der Waals surface area (Å²) < 4.78 is 0. The fraction of sp³-hybridized carbons (Fsp3) is 0.263. The number of hydrogen-bond acceptors (Lipinski definition) is 3. The van der Waals surface area contributed by atoms with Gasteiger partial charge in [0.05, 0.1) is 43.2 Å². The lowest BCUT2D eigenvalue weighted by Gasteiger charge is -2.33. The molecule has 0 unspecified atom stereocenters. The number of halogens is 1. The standard InChI is InChI=1S/C19H20ClN3O2/c20-17-7-3-8-18(15-17)22-13-11-21(12-14-22)10-4-6-16-5-1-2-9-19(16)23(24)25/h1-9,15H,10-14H2/p+1/b6-4+. The van der Waals surface area contributed by atoms with E-state index in [1.807, 2.05) is 36.4 Å². The molecule has 6 heteroatoms. The molecule has 130 valence electrons. The second kappa shape index (κ2) is 8.14. The summed E-state index contributed by atoms with van der Waals surface area (Å²) in [6.45, 7) is 4.90. The maximum atomic E-state index is 11.0. The largest absolute Gasteiger partial charge is 0.360 e. The number of piperazine rings is 1. The van der Waals surface area contributed by atoms with E-state index in [4.69, 9.17) is 11.6 Å². The zero-order valence-electron chi connectivity index (χ0n) is 13.9. The zero-order chi connectivity index (χ0) is 17.6. The van der Waals surface area contributed by atoms with Crippen LogP contribution in [0.3, 0.4) is 0 Å². The Morgan fingerprint density at radius 2 is 1.92 bits per heavy atom. The number of rotatable bonds is 5. The predicted octanol–water partition coefficient (Wildman–Crippen LogP) is 2.67. The van der Waals surface area contributed by atoms with Gasteiger partial charge in [0.15, 0.2) is 0 Å². The maximum Gasteiger partial charge on any atom is 0.276 e. The van der Waals surface area contributed by atoms with Gasteiger partial charge >= 0.3 is 0 Å². The molecule has 0 bridgehead atoms. The Morgan fingerprint density at radius 3 is 2.64 bits per heavy atom. The molecular weight excluding hydrogens is 338 g/mol. The van der Waals surface area contributed by atoms with Crippen molar-refractivity contribution in [1.29, 1.82) is 0 Å². The van der Waals surface area contributed by atoms with Gasteiger partial charge in [0.25, 0.3) is 5.69 Å². The number of para-hydroxylation sites is 1. The van der Waals surface area contributed by atoms with E-state index in [0.717, 1.165) is 37.7 Å². The number of nitrogens with one attached hydrogen (secondary N) is 1. The Labute approximate surface area is 152 Å². The number of hydrogen-bond donors (Lipinski definition) is 1. The van der Waals surface area contributed by atoms with Crippen LogP contribution in [0.1, 0.15) is 5.56 Å². The van der Waals surface area contributed by atoms with Crippen LogP contribution in [0.25, 0.3) is 6.08 Å². The molecule has 2 aromatic rings. The van der Waals surface area contributed by atoms with E-state index in [-0.39, 0.29) is 10.6 Å². The van der Waals surface area contributed by atoms with Gasteiger partial charge in [-0.3, -0.25) is 10.1 Å². The lowest BCUT2D eigenvalue weighted by Crippen LogP contribution is -3.14. The number of nitro groups is 1. The van der Waals surface area contributed by atoms with E-state index in [1.54, 1.807) is 12.1 Å². The summed E-state index contributed by atoms with van der Waals surface area (Å²) in [6.07, 6.45) is 3.89. The Kier molecular flexibility index (Phi) is 5.68. The molecule has 0 aliphatic carbocycles. The van der Waals surface area contributed by atoms with E-state index in [2.05, 4.69) is 11.0 Å². The van der Waals surface area contributed by atoms with E-state index >= 15 is 0 Å². The molecule has 0 radical (unpaired) electrons. The second-order valence-electron chi connectivity index (χ2n) is 6.14. The van der Waals surface area contributed by atoms with E-state index < -0.39 is 0 Å². The fourth-order valence-corrected chi connectivity index (χ4v) is 3.29. The van der Waals surface area contributed by atoms with Crippen LogP contribution in [0.4, 0.5) is 11.4 Å². The Hall–Kier alpha value is -2.37. The van der Waals surface area contributed by atoms with Crippen molar-refractivity contribution < 1.29 is 9.82 Å². The molecule has 1 fully saturated rings. The minimum Gasteiger partial charge on any atom is -0.360 e. The van der Waals surface area contributed by atoms with E-state index in [9.17, 15) is 10.1 Å². The van der Waals surface area contributed by atoms with Gasteiger partial charge in [-0.05, 0) is 36.4 Å². The average molecular weight is 359 g/mol. The highest BCUT2D eigenvalue weighted by molar-refractivity contribution is 6.30. The lowest BCUT2D eigenvalue weighted by molar-refractivity contribution is -0.894. The van der Waals surface area contributed by atoms with Crippen molar-refractivity contribution in [1.82, 2.24) is 0 Å². The molecule has 3 rings (SSSR count). The summed E-state index contributed by atoms with van der Waals surface area (Å²) in [5.41, 5.74) is 1.98. The Morgan fingerprint density at radius 1 is 1.16 bits per heavy atom. The minimum absolute atomic E-state index is 0.152. The predicted molar refractivity (Wildman–Crippen MR) is 101 cm³/mol. The van der Waals surface area contributed by atoms with Crippen molar-refractivity contribution >= 4 is 29.1 Å². The third-order valence-corrected chi connectivity index (χ3v) is 4.72. The van der Waals surface area contributed by atoms with E-state index in [0.29, 0.717) is 5.56 Å². The zero-order valence-corrected chi connectivity index (χ0v) is 14.7. The number of benzene rings is 2. The van der Waals surface area contributed by atoms with Crippen LogP contribution >= 0.6 is 11.6 Å². The SMILES string of the molecule is O=[N+]([O-])c1ccccc1/C=C/C[NH+]1CCN(c2cccc(Cl)c2)CC1. The van der Waals surface area contributed by atoms with Gasteiger partial charge in [-0.15, -0.1) is 0 Å². The minimum atomic E-state index is -0.337. The van der Waals surface area contributed by atoms with Crippen LogP contribution in [-0.4, -0.2) is 37.6 Å². The summed E-state index contributed by atoms with van der Waals surface area (Å²) in [7, 11) is 0. The highest BCUT2D eigenvalue weighted by atomic mass is 35.5. The van der Waals surface area contributed by atoms with Gasteiger partial charge in [0.1, 0.15) is 0 Å². The average Bonchev–Trinajstić information content (AvgIpc) is 2.62. The smallest absolute Gasteiger partial charge is 0.276 e. The summed E-state index contributed by atoms with van der Waals surface area (Å²) in [5.74, 6) is 0. The Balaban J connectivity index is 1.54. The van der Waals surface area contributed by atoms with Crippen molar-refractivity contribution in [3.63, 3.8) is 0 Å².